The molecule has 0 unspecified atom stereocenters. The van der Waals surface area contributed by atoms with Crippen LogP contribution >= 0.6 is 0 Å². The minimum absolute atomic E-state index is 0.279. The van der Waals surface area contributed by atoms with Gasteiger partial charge in [-0.1, -0.05) is 0 Å². The number of carbonyl (C=O) groups excluding carboxylic acids is 1. The molecule has 0 aromatic carbocycles. The van der Waals surface area contributed by atoms with Gasteiger partial charge in [-0.25, -0.2) is 0 Å². The average Bonchev–Trinajstić information content (AvgIpc) is 2.40. The molecule has 0 aromatic rings. The van der Waals surface area contributed by atoms with Crippen molar-refractivity contribution in [1.29, 1.82) is 0 Å². The van der Waals surface area contributed by atoms with E-state index < -0.39 is 0 Å². The normalized spacial score (nSPS) is 23.8. The predicted molar refractivity (Wildman–Crippen MR) is 68.0 cm³/mol. The van der Waals surface area contributed by atoms with Crippen molar-refractivity contribution < 1.29 is 4.79 Å². The van der Waals surface area contributed by atoms with Gasteiger partial charge in [0.2, 0.25) is 5.91 Å². The van der Waals surface area contributed by atoms with E-state index in [0.717, 1.165) is 52.4 Å². The lowest BCUT2D eigenvalue weighted by Gasteiger charge is -2.43. The maximum absolute atomic E-state index is 12.6. The second kappa shape index (κ2) is 5.33. The molecule has 0 radical (unpaired) electrons. The van der Waals surface area contributed by atoms with Gasteiger partial charge in [0.25, 0.3) is 0 Å². The van der Waals surface area contributed by atoms with Gasteiger partial charge in [0.05, 0.1) is 5.54 Å². The topological polar surface area (TPSA) is 47.6 Å². The smallest absolute Gasteiger partial charge is 0.242 e. The third kappa shape index (κ3) is 2.78. The Kier molecular flexibility index (Phi) is 4.01. The Morgan fingerprint density at radius 3 is 1.94 bits per heavy atom. The van der Waals surface area contributed by atoms with E-state index in [9.17, 15) is 4.79 Å². The van der Waals surface area contributed by atoms with Crippen molar-refractivity contribution in [3.8, 4) is 0 Å². The summed E-state index contributed by atoms with van der Waals surface area (Å²) >= 11 is 0. The number of carbonyl (C=O) groups is 1. The fourth-order valence-electron chi connectivity index (χ4n) is 2.61. The summed E-state index contributed by atoms with van der Waals surface area (Å²) in [6.45, 7) is 11.5. The summed E-state index contributed by atoms with van der Waals surface area (Å²) in [6.07, 6.45) is 0. The number of rotatable bonds is 2. The van der Waals surface area contributed by atoms with Crippen LogP contribution in [0, 0.1) is 0 Å². The molecule has 2 N–H and O–H groups in total. The van der Waals surface area contributed by atoms with E-state index in [1.54, 1.807) is 0 Å². The summed E-state index contributed by atoms with van der Waals surface area (Å²) in [4.78, 5) is 16.9. The zero-order chi connectivity index (χ0) is 12.3. The highest BCUT2D eigenvalue weighted by molar-refractivity contribution is 5.85. The first kappa shape index (κ1) is 12.8. The lowest BCUT2D eigenvalue weighted by atomic mass is 9.99. The van der Waals surface area contributed by atoms with Crippen LogP contribution in [0.3, 0.4) is 0 Å². The van der Waals surface area contributed by atoms with Crippen LogP contribution in [0.5, 0.6) is 0 Å². The Bertz CT molecular complexity index is 268. The Morgan fingerprint density at radius 2 is 1.41 bits per heavy atom. The summed E-state index contributed by atoms with van der Waals surface area (Å²) in [5.74, 6) is 0.279. The second-order valence-corrected chi connectivity index (χ2v) is 5.34. The molecule has 2 fully saturated rings. The first-order valence-corrected chi connectivity index (χ1v) is 6.58. The van der Waals surface area contributed by atoms with Crippen LogP contribution in [0.2, 0.25) is 0 Å². The van der Waals surface area contributed by atoms with Crippen molar-refractivity contribution in [1.82, 2.24) is 20.4 Å². The van der Waals surface area contributed by atoms with E-state index in [0.29, 0.717) is 0 Å². The number of hydrogen-bond acceptors (Lipinski definition) is 4. The summed E-state index contributed by atoms with van der Waals surface area (Å²) in [5.41, 5.74) is -0.362. The molecule has 2 rings (SSSR count). The van der Waals surface area contributed by atoms with Crippen LogP contribution in [0.25, 0.3) is 0 Å². The van der Waals surface area contributed by atoms with Crippen molar-refractivity contribution in [3.63, 3.8) is 0 Å². The molecule has 0 spiro atoms. The molecule has 5 heteroatoms. The summed E-state index contributed by atoms with van der Waals surface area (Å²) < 4.78 is 0. The molecule has 0 aliphatic carbocycles. The van der Waals surface area contributed by atoms with E-state index in [2.05, 4.69) is 29.4 Å². The fraction of sp³-hybridized carbons (Fsp3) is 0.917. The molecule has 1 amide bonds. The first-order valence-electron chi connectivity index (χ1n) is 6.58. The third-order valence-electron chi connectivity index (χ3n) is 3.84. The van der Waals surface area contributed by atoms with Gasteiger partial charge >= 0.3 is 0 Å². The Morgan fingerprint density at radius 1 is 0.941 bits per heavy atom. The lowest BCUT2D eigenvalue weighted by molar-refractivity contribution is -0.143. The van der Waals surface area contributed by atoms with Crippen molar-refractivity contribution in [2.24, 2.45) is 0 Å². The molecule has 0 saturated carbocycles. The molecule has 2 aliphatic rings. The van der Waals surface area contributed by atoms with Gasteiger partial charge in [-0.3, -0.25) is 9.69 Å². The molecule has 98 valence electrons. The van der Waals surface area contributed by atoms with Crippen molar-refractivity contribution in [3.05, 3.63) is 0 Å². The van der Waals surface area contributed by atoms with E-state index in [-0.39, 0.29) is 11.4 Å². The van der Waals surface area contributed by atoms with Crippen LogP contribution < -0.4 is 10.6 Å². The maximum atomic E-state index is 12.6. The minimum atomic E-state index is -0.362. The van der Waals surface area contributed by atoms with Crippen LogP contribution in [0.4, 0.5) is 0 Å². The molecule has 2 saturated heterocycles. The first-order chi connectivity index (χ1) is 8.12. The molecular weight excluding hydrogens is 216 g/mol. The van der Waals surface area contributed by atoms with Gasteiger partial charge in [0.1, 0.15) is 0 Å². The number of hydrogen-bond donors (Lipinski definition) is 2. The monoisotopic (exact) mass is 240 g/mol. The van der Waals surface area contributed by atoms with Gasteiger partial charge in [0, 0.05) is 52.4 Å². The number of piperazine rings is 2. The summed E-state index contributed by atoms with van der Waals surface area (Å²) in [6, 6.07) is 0. The third-order valence-corrected chi connectivity index (χ3v) is 3.84. The number of nitrogens with zero attached hydrogens (tertiary/aromatic N) is 2. The van der Waals surface area contributed by atoms with Crippen LogP contribution in [-0.4, -0.2) is 73.6 Å². The standard InChI is InChI=1S/C12H24N4O/c1-12(2,16-9-5-14-6-10-16)11(17)15-7-3-13-4-8-15/h13-14H,3-10H2,1-2H3. The maximum Gasteiger partial charge on any atom is 0.242 e. The van der Waals surface area contributed by atoms with E-state index in [1.807, 2.05) is 4.90 Å². The molecule has 0 bridgehead atoms. The average molecular weight is 240 g/mol. The highest BCUT2D eigenvalue weighted by Crippen LogP contribution is 2.18. The van der Waals surface area contributed by atoms with E-state index >= 15 is 0 Å². The van der Waals surface area contributed by atoms with Gasteiger partial charge < -0.3 is 15.5 Å². The van der Waals surface area contributed by atoms with Crippen molar-refractivity contribution in [2.45, 2.75) is 19.4 Å². The van der Waals surface area contributed by atoms with Crippen molar-refractivity contribution in [2.75, 3.05) is 52.4 Å². The Labute approximate surface area is 104 Å². The van der Waals surface area contributed by atoms with Crippen LogP contribution in [-0.2, 0) is 4.79 Å². The summed E-state index contributed by atoms with van der Waals surface area (Å²) in [5, 5.41) is 6.61. The van der Waals surface area contributed by atoms with Gasteiger partial charge in [-0.15, -0.1) is 0 Å². The Balaban J connectivity index is 1.99. The summed E-state index contributed by atoms with van der Waals surface area (Å²) in [7, 11) is 0. The second-order valence-electron chi connectivity index (χ2n) is 5.34. The fourth-order valence-corrected chi connectivity index (χ4v) is 2.61. The molecule has 2 aliphatic heterocycles. The molecular formula is C12H24N4O. The van der Waals surface area contributed by atoms with Gasteiger partial charge in [0.15, 0.2) is 0 Å². The molecule has 0 aromatic heterocycles. The number of nitrogens with one attached hydrogen (secondary N) is 2. The molecule has 2 heterocycles. The van der Waals surface area contributed by atoms with Crippen LogP contribution in [0.1, 0.15) is 13.8 Å². The highest BCUT2D eigenvalue weighted by atomic mass is 16.2. The quantitative estimate of drug-likeness (QED) is 0.657. The van der Waals surface area contributed by atoms with Gasteiger partial charge in [-0.2, -0.15) is 0 Å². The van der Waals surface area contributed by atoms with E-state index in [4.69, 9.17) is 0 Å². The Hall–Kier alpha value is -0.650. The predicted octanol–water partition coefficient (Wildman–Crippen LogP) is -0.898. The van der Waals surface area contributed by atoms with Crippen LogP contribution in [0.15, 0.2) is 0 Å². The van der Waals surface area contributed by atoms with Gasteiger partial charge in [-0.05, 0) is 13.8 Å². The van der Waals surface area contributed by atoms with Crippen molar-refractivity contribution >= 4 is 5.91 Å². The largest absolute Gasteiger partial charge is 0.339 e. The molecule has 17 heavy (non-hydrogen) atoms. The van der Waals surface area contributed by atoms with E-state index in [1.165, 1.54) is 0 Å². The minimum Gasteiger partial charge on any atom is -0.339 e. The zero-order valence-electron chi connectivity index (χ0n) is 11.0. The highest BCUT2D eigenvalue weighted by Gasteiger charge is 2.38. The SMILES string of the molecule is CC(C)(C(=O)N1CCNCC1)N1CCNCC1. The molecule has 5 nitrogen and oxygen atoms in total. The number of amides is 1. The lowest BCUT2D eigenvalue weighted by Crippen LogP contribution is -2.62. The zero-order valence-corrected chi connectivity index (χ0v) is 11.0. The molecule has 0 atom stereocenters.